The molecule has 0 saturated carbocycles. The fraction of sp³-hybridized carbons (Fsp3) is 0.368. The number of carbonyl (C=O) groups is 1. The molecule has 9 heteroatoms. The number of carbonyl (C=O) groups excluding carboxylic acids is 1. The number of imidazole rings is 1. The number of rotatable bonds is 6. The summed E-state index contributed by atoms with van der Waals surface area (Å²) >= 11 is 6.18. The molecule has 148 valence electrons. The van der Waals surface area contributed by atoms with Crippen LogP contribution in [0.5, 0.6) is 0 Å². The Morgan fingerprint density at radius 1 is 1.18 bits per heavy atom. The van der Waals surface area contributed by atoms with Crippen LogP contribution in [0.3, 0.4) is 0 Å². The summed E-state index contributed by atoms with van der Waals surface area (Å²) in [4.78, 5) is 41.5. The van der Waals surface area contributed by atoms with Crippen molar-refractivity contribution < 1.29 is 4.79 Å². The SMILES string of the molecule is CCC[C@H](NC(=O)Cn1c(Cl)nc2c1c(=O)n(C)c(=O)n2C)c1ccccc1. The number of hydrogen-bond acceptors (Lipinski definition) is 4. The fourth-order valence-corrected chi connectivity index (χ4v) is 3.47. The molecule has 2 aromatic heterocycles. The summed E-state index contributed by atoms with van der Waals surface area (Å²) in [7, 11) is 2.88. The van der Waals surface area contributed by atoms with E-state index in [-0.39, 0.29) is 34.9 Å². The molecule has 1 aromatic carbocycles. The molecule has 0 spiro atoms. The topological polar surface area (TPSA) is 90.9 Å². The molecule has 8 nitrogen and oxygen atoms in total. The van der Waals surface area contributed by atoms with Crippen molar-refractivity contribution in [2.45, 2.75) is 32.4 Å². The van der Waals surface area contributed by atoms with Crippen molar-refractivity contribution >= 4 is 28.7 Å². The van der Waals surface area contributed by atoms with Crippen LogP contribution >= 0.6 is 11.6 Å². The highest BCUT2D eigenvalue weighted by Gasteiger charge is 2.21. The first-order chi connectivity index (χ1) is 13.3. The zero-order valence-electron chi connectivity index (χ0n) is 16.0. The lowest BCUT2D eigenvalue weighted by Gasteiger charge is -2.19. The van der Waals surface area contributed by atoms with Gasteiger partial charge in [-0.2, -0.15) is 4.98 Å². The Balaban J connectivity index is 1.94. The van der Waals surface area contributed by atoms with Gasteiger partial charge in [-0.3, -0.25) is 23.3 Å². The lowest BCUT2D eigenvalue weighted by molar-refractivity contribution is -0.122. The molecule has 1 atom stereocenters. The predicted molar refractivity (Wildman–Crippen MR) is 107 cm³/mol. The van der Waals surface area contributed by atoms with Crippen molar-refractivity contribution in [3.63, 3.8) is 0 Å². The minimum absolute atomic E-state index is 0.0183. The number of benzene rings is 1. The Morgan fingerprint density at radius 2 is 1.86 bits per heavy atom. The molecular formula is C19H22ClN5O3. The molecular weight excluding hydrogens is 382 g/mol. The molecule has 3 rings (SSSR count). The summed E-state index contributed by atoms with van der Waals surface area (Å²) in [6.45, 7) is 1.88. The standard InChI is InChI=1S/C19H22ClN5O3/c1-4-8-13(12-9-6-5-7-10-12)21-14(26)11-25-15-16(22-18(25)20)23(2)19(28)24(3)17(15)27/h5-7,9-10,13H,4,8,11H2,1-3H3,(H,21,26)/t13-/m0/s1. The van der Waals surface area contributed by atoms with Crippen molar-refractivity contribution in [3.05, 3.63) is 62.0 Å². The van der Waals surface area contributed by atoms with Crippen LogP contribution in [0, 0.1) is 0 Å². The number of nitrogens with one attached hydrogen (secondary N) is 1. The minimum Gasteiger partial charge on any atom is -0.348 e. The molecule has 0 aliphatic rings. The first-order valence-corrected chi connectivity index (χ1v) is 9.39. The highest BCUT2D eigenvalue weighted by molar-refractivity contribution is 6.29. The second-order valence-corrected chi connectivity index (χ2v) is 7.00. The quantitative estimate of drug-likeness (QED) is 0.635. The molecule has 3 aromatic rings. The molecule has 0 aliphatic carbocycles. The van der Waals surface area contributed by atoms with Gasteiger partial charge in [0.05, 0.1) is 6.04 Å². The van der Waals surface area contributed by atoms with Crippen molar-refractivity contribution in [1.82, 2.24) is 24.0 Å². The second-order valence-electron chi connectivity index (χ2n) is 6.66. The van der Waals surface area contributed by atoms with Crippen LogP contribution in [-0.4, -0.2) is 24.6 Å². The summed E-state index contributed by atoms with van der Waals surface area (Å²) in [5.41, 5.74) is 0.238. The summed E-state index contributed by atoms with van der Waals surface area (Å²) in [6.07, 6.45) is 1.68. The van der Waals surface area contributed by atoms with E-state index >= 15 is 0 Å². The summed E-state index contributed by atoms with van der Waals surface area (Å²) in [5, 5.41) is 2.98. The molecule has 0 unspecified atom stereocenters. The van der Waals surface area contributed by atoms with E-state index in [0.29, 0.717) is 0 Å². The lowest BCUT2D eigenvalue weighted by Crippen LogP contribution is -2.38. The van der Waals surface area contributed by atoms with E-state index in [2.05, 4.69) is 10.3 Å². The minimum atomic E-state index is -0.543. The molecule has 0 radical (unpaired) electrons. The molecule has 0 aliphatic heterocycles. The third kappa shape index (κ3) is 3.60. The molecule has 0 fully saturated rings. The first-order valence-electron chi connectivity index (χ1n) is 9.01. The van der Waals surface area contributed by atoms with E-state index in [1.165, 1.54) is 23.2 Å². The smallest absolute Gasteiger partial charge is 0.332 e. The van der Waals surface area contributed by atoms with E-state index in [0.717, 1.165) is 23.0 Å². The van der Waals surface area contributed by atoms with Crippen LogP contribution in [0.15, 0.2) is 39.9 Å². The zero-order valence-corrected chi connectivity index (χ0v) is 16.7. The van der Waals surface area contributed by atoms with Crippen molar-refractivity contribution in [1.29, 1.82) is 0 Å². The molecule has 0 saturated heterocycles. The number of amides is 1. The number of nitrogens with zero attached hydrogens (tertiary/aromatic N) is 4. The van der Waals surface area contributed by atoms with Gasteiger partial charge in [0.15, 0.2) is 11.2 Å². The largest absolute Gasteiger partial charge is 0.348 e. The molecule has 0 bridgehead atoms. The normalized spacial score (nSPS) is 12.3. The number of halogens is 1. The maximum atomic E-state index is 12.7. The average Bonchev–Trinajstić information content (AvgIpc) is 3.01. The summed E-state index contributed by atoms with van der Waals surface area (Å²) in [6, 6.07) is 9.56. The van der Waals surface area contributed by atoms with E-state index in [1.807, 2.05) is 37.3 Å². The number of hydrogen-bond donors (Lipinski definition) is 1. The maximum Gasteiger partial charge on any atom is 0.332 e. The van der Waals surface area contributed by atoms with Crippen LogP contribution in [0.2, 0.25) is 5.28 Å². The third-order valence-electron chi connectivity index (χ3n) is 4.72. The Hall–Kier alpha value is -2.87. The molecule has 2 heterocycles. The zero-order chi connectivity index (χ0) is 20.4. The van der Waals surface area contributed by atoms with E-state index < -0.39 is 11.2 Å². The Labute approximate surface area is 166 Å². The molecule has 1 N–H and O–H groups in total. The number of fused-ring (bicyclic) bond motifs is 1. The number of aryl methyl sites for hydroxylation is 1. The van der Waals surface area contributed by atoms with Gasteiger partial charge in [0, 0.05) is 14.1 Å². The lowest BCUT2D eigenvalue weighted by atomic mass is 10.0. The highest BCUT2D eigenvalue weighted by atomic mass is 35.5. The maximum absolute atomic E-state index is 12.7. The molecule has 28 heavy (non-hydrogen) atoms. The van der Waals surface area contributed by atoms with Gasteiger partial charge in [0.25, 0.3) is 5.56 Å². The summed E-state index contributed by atoms with van der Waals surface area (Å²) in [5.74, 6) is -0.292. The van der Waals surface area contributed by atoms with Crippen LogP contribution in [-0.2, 0) is 25.4 Å². The van der Waals surface area contributed by atoms with Gasteiger partial charge < -0.3 is 5.32 Å². The Morgan fingerprint density at radius 3 is 2.50 bits per heavy atom. The third-order valence-corrected chi connectivity index (χ3v) is 5.01. The van der Waals surface area contributed by atoms with Gasteiger partial charge in [-0.15, -0.1) is 0 Å². The monoisotopic (exact) mass is 403 g/mol. The average molecular weight is 404 g/mol. The van der Waals surface area contributed by atoms with E-state index in [9.17, 15) is 14.4 Å². The van der Waals surface area contributed by atoms with Crippen molar-refractivity contribution in [3.8, 4) is 0 Å². The van der Waals surface area contributed by atoms with Crippen LogP contribution in [0.4, 0.5) is 0 Å². The van der Waals surface area contributed by atoms with E-state index in [1.54, 1.807) is 0 Å². The van der Waals surface area contributed by atoms with Crippen molar-refractivity contribution in [2.75, 3.05) is 0 Å². The Bertz CT molecular complexity index is 1130. The van der Waals surface area contributed by atoms with E-state index in [4.69, 9.17) is 11.6 Å². The predicted octanol–water partition coefficient (Wildman–Crippen LogP) is 1.74. The second kappa shape index (κ2) is 8.02. The first kappa shape index (κ1) is 19.9. The van der Waals surface area contributed by atoms with Gasteiger partial charge in [-0.25, -0.2) is 4.79 Å². The fourth-order valence-electron chi connectivity index (χ4n) is 3.24. The van der Waals surface area contributed by atoms with Gasteiger partial charge >= 0.3 is 5.69 Å². The summed E-state index contributed by atoms with van der Waals surface area (Å²) < 4.78 is 3.54. The van der Waals surface area contributed by atoms with Gasteiger partial charge in [0.2, 0.25) is 11.2 Å². The van der Waals surface area contributed by atoms with Crippen LogP contribution < -0.4 is 16.6 Å². The number of aromatic nitrogens is 4. The highest BCUT2D eigenvalue weighted by Crippen LogP contribution is 2.19. The van der Waals surface area contributed by atoms with Crippen molar-refractivity contribution in [2.24, 2.45) is 14.1 Å². The van der Waals surface area contributed by atoms with Gasteiger partial charge in [-0.1, -0.05) is 43.7 Å². The van der Waals surface area contributed by atoms with Gasteiger partial charge in [-0.05, 0) is 23.6 Å². The molecule has 1 amide bonds. The Kier molecular flexibility index (Phi) is 5.69. The van der Waals surface area contributed by atoms with Crippen LogP contribution in [0.25, 0.3) is 11.2 Å². The van der Waals surface area contributed by atoms with Crippen LogP contribution in [0.1, 0.15) is 31.4 Å². The van der Waals surface area contributed by atoms with Gasteiger partial charge in [0.1, 0.15) is 6.54 Å².